The lowest BCUT2D eigenvalue weighted by Crippen LogP contribution is -2.64. The Kier molecular flexibility index (Phi) is 4.13. The highest BCUT2D eigenvalue weighted by molar-refractivity contribution is 6.31. The Hall–Kier alpha value is -4.60. The second-order valence-corrected chi connectivity index (χ2v) is 11.7. The minimum absolute atomic E-state index is 0.0375. The second kappa shape index (κ2) is 6.99. The Balaban J connectivity index is 1.52. The van der Waals surface area contributed by atoms with Crippen molar-refractivity contribution < 1.29 is 44.0 Å². The number of hydrogen-bond acceptors (Lipinski definition) is 9. The van der Waals surface area contributed by atoms with Crippen molar-refractivity contribution >= 4 is 23.1 Å². The van der Waals surface area contributed by atoms with Gasteiger partial charge >= 0.3 is 0 Å². The number of hydrogen-bond donors (Lipinski definition) is 3. The zero-order valence-electron chi connectivity index (χ0n) is 22.1. The molecule has 8 rings (SSSR count). The lowest BCUT2D eigenvalue weighted by molar-refractivity contribution is -0.188. The van der Waals surface area contributed by atoms with Crippen LogP contribution in [0, 0.1) is 12.8 Å². The summed E-state index contributed by atoms with van der Waals surface area (Å²) in [5.41, 5.74) is -2.83. The lowest BCUT2D eigenvalue weighted by atomic mass is 9.49. The molecule has 2 heterocycles. The number of aliphatic hydroxyl groups is 1. The second-order valence-electron chi connectivity index (χ2n) is 11.7. The highest BCUT2D eigenvalue weighted by atomic mass is 16.7. The summed E-state index contributed by atoms with van der Waals surface area (Å²) in [5, 5.41) is 33.2. The summed E-state index contributed by atoms with van der Waals surface area (Å²) in [4.78, 5) is 55.2. The standard InChI is InChI=1S/C32H22O9/c1-12-9-15-22(20(34)10-12)27(38)23-14(25(15)36)7-8-17-28(23)41-32-16-5-4-6-19(33)24(16)26(37)18-11-21(35)30(3,39)29(13(2)40-32)31(17,18)32/h4-11,13,29,33-34,39H,1-3H3/t13-,29+,30+,31-,32+/m0/s1. The van der Waals surface area contributed by atoms with Crippen molar-refractivity contribution in [3.63, 3.8) is 0 Å². The van der Waals surface area contributed by atoms with E-state index >= 15 is 0 Å². The maximum atomic E-state index is 14.1. The highest BCUT2D eigenvalue weighted by Gasteiger charge is 2.81. The number of carbonyl (C=O) groups excluding carboxylic acids is 4. The predicted molar refractivity (Wildman–Crippen MR) is 140 cm³/mol. The third-order valence-corrected chi connectivity index (χ3v) is 9.51. The number of rotatable bonds is 0. The number of fused-ring (bicyclic) bond motifs is 5. The minimum Gasteiger partial charge on any atom is -0.507 e. The number of ether oxygens (including phenoxy) is 2. The average molecular weight is 551 g/mol. The summed E-state index contributed by atoms with van der Waals surface area (Å²) in [7, 11) is 0. The van der Waals surface area contributed by atoms with Crippen LogP contribution in [0.5, 0.6) is 17.2 Å². The van der Waals surface area contributed by atoms with E-state index in [0.717, 1.165) is 6.08 Å². The molecule has 3 aromatic carbocycles. The van der Waals surface area contributed by atoms with E-state index in [1.807, 2.05) is 0 Å². The summed E-state index contributed by atoms with van der Waals surface area (Å²) in [5.74, 6) is -6.11. The molecule has 5 aliphatic rings. The molecule has 0 amide bonds. The van der Waals surface area contributed by atoms with Gasteiger partial charge in [-0.1, -0.05) is 18.2 Å². The first-order chi connectivity index (χ1) is 19.4. The van der Waals surface area contributed by atoms with Gasteiger partial charge in [-0.25, -0.2) is 0 Å². The molecule has 3 aromatic rings. The quantitative estimate of drug-likeness (QED) is 0.300. The zero-order chi connectivity index (χ0) is 29.0. The largest absolute Gasteiger partial charge is 0.507 e. The average Bonchev–Trinajstić information content (AvgIpc) is 3.34. The molecule has 0 aromatic heterocycles. The molecule has 3 N–H and O–H groups in total. The van der Waals surface area contributed by atoms with E-state index in [-0.39, 0.29) is 56.2 Å². The number of aromatic hydroxyl groups is 2. The smallest absolute Gasteiger partial charge is 0.253 e. The molecule has 9 nitrogen and oxygen atoms in total. The number of aryl methyl sites for hydroxylation is 1. The number of Topliss-reactive ketones (excluding diaryl/α,β-unsaturated/α-hetero) is 1. The molecule has 2 aliphatic heterocycles. The Morgan fingerprint density at radius 1 is 0.829 bits per heavy atom. The third kappa shape index (κ3) is 2.36. The van der Waals surface area contributed by atoms with Crippen molar-refractivity contribution in [1.82, 2.24) is 0 Å². The molecule has 9 heteroatoms. The van der Waals surface area contributed by atoms with Crippen LogP contribution in [-0.2, 0) is 20.7 Å². The van der Waals surface area contributed by atoms with Crippen LogP contribution in [0.1, 0.15) is 72.7 Å². The van der Waals surface area contributed by atoms with Crippen LogP contribution in [0.4, 0.5) is 0 Å². The van der Waals surface area contributed by atoms with Crippen molar-refractivity contribution in [2.24, 2.45) is 5.92 Å². The van der Waals surface area contributed by atoms with Crippen LogP contribution in [0.25, 0.3) is 0 Å². The van der Waals surface area contributed by atoms with Crippen molar-refractivity contribution in [2.45, 2.75) is 43.7 Å². The maximum Gasteiger partial charge on any atom is 0.253 e. The van der Waals surface area contributed by atoms with Crippen LogP contribution in [0.2, 0.25) is 0 Å². The van der Waals surface area contributed by atoms with Gasteiger partial charge in [-0.15, -0.1) is 0 Å². The van der Waals surface area contributed by atoms with E-state index in [0.29, 0.717) is 11.1 Å². The molecule has 41 heavy (non-hydrogen) atoms. The Morgan fingerprint density at radius 2 is 1.59 bits per heavy atom. The third-order valence-electron chi connectivity index (χ3n) is 9.51. The van der Waals surface area contributed by atoms with E-state index in [1.165, 1.54) is 31.2 Å². The van der Waals surface area contributed by atoms with Gasteiger partial charge in [0.05, 0.1) is 22.8 Å². The van der Waals surface area contributed by atoms with Gasteiger partial charge in [0, 0.05) is 33.7 Å². The van der Waals surface area contributed by atoms with E-state index in [2.05, 4.69) is 0 Å². The van der Waals surface area contributed by atoms with Gasteiger partial charge < -0.3 is 24.8 Å². The van der Waals surface area contributed by atoms with Crippen LogP contribution < -0.4 is 4.74 Å². The van der Waals surface area contributed by atoms with Crippen molar-refractivity contribution in [3.8, 4) is 17.2 Å². The van der Waals surface area contributed by atoms with E-state index in [9.17, 15) is 34.5 Å². The molecule has 0 bridgehead atoms. The van der Waals surface area contributed by atoms with E-state index in [1.54, 1.807) is 32.0 Å². The fraction of sp³-hybridized carbons (Fsp3) is 0.250. The molecule has 5 atom stereocenters. The summed E-state index contributed by atoms with van der Waals surface area (Å²) >= 11 is 0. The van der Waals surface area contributed by atoms with Gasteiger partial charge in [0.25, 0.3) is 5.79 Å². The molecule has 1 saturated heterocycles. The first-order valence-corrected chi connectivity index (χ1v) is 13.2. The summed E-state index contributed by atoms with van der Waals surface area (Å²) in [6.45, 7) is 4.73. The molecule has 1 spiro atoms. The Bertz CT molecular complexity index is 1910. The lowest BCUT2D eigenvalue weighted by Gasteiger charge is -2.50. The number of ketones is 4. The van der Waals surface area contributed by atoms with Crippen LogP contribution in [0.3, 0.4) is 0 Å². The van der Waals surface area contributed by atoms with Gasteiger partial charge in [-0.2, -0.15) is 0 Å². The van der Waals surface area contributed by atoms with E-state index in [4.69, 9.17) is 9.47 Å². The maximum absolute atomic E-state index is 14.1. The SMILES string of the molecule is Cc1cc(O)c2c(c1)C(=O)c1ccc3c(c1C2=O)O[C@]12O[C@@H](C)[C@@H]4[C@](C)(O)C(=O)C=C(C(=O)c5c(O)cccc51)[C@@]342. The number of phenols is 2. The minimum atomic E-state index is -2.00. The molecule has 0 radical (unpaired) electrons. The fourth-order valence-electron chi connectivity index (χ4n) is 8.12. The predicted octanol–water partition coefficient (Wildman–Crippen LogP) is 3.16. The van der Waals surface area contributed by atoms with Crippen LogP contribution in [-0.4, -0.2) is 50.2 Å². The van der Waals surface area contributed by atoms with Gasteiger partial charge in [0.1, 0.15) is 28.3 Å². The topological polar surface area (TPSA) is 147 Å². The summed E-state index contributed by atoms with van der Waals surface area (Å²) in [6, 6.07) is 10.4. The molecule has 1 fully saturated rings. The van der Waals surface area contributed by atoms with Gasteiger partial charge in [0.15, 0.2) is 17.3 Å². The zero-order valence-corrected chi connectivity index (χ0v) is 22.1. The molecular formula is C32H22O9. The van der Waals surface area contributed by atoms with Gasteiger partial charge in [-0.05, 0) is 56.7 Å². The number of phenolic OH excluding ortho intramolecular Hbond substituents is 2. The Morgan fingerprint density at radius 3 is 2.34 bits per heavy atom. The molecule has 0 saturated carbocycles. The first kappa shape index (κ1) is 24.2. The van der Waals surface area contributed by atoms with Crippen LogP contribution in [0.15, 0.2) is 54.1 Å². The van der Waals surface area contributed by atoms with Gasteiger partial charge in [0.2, 0.25) is 5.78 Å². The summed E-state index contributed by atoms with van der Waals surface area (Å²) < 4.78 is 13.2. The van der Waals surface area contributed by atoms with E-state index < -0.39 is 52.0 Å². The first-order valence-electron chi connectivity index (χ1n) is 13.2. The molecule has 204 valence electrons. The number of carbonyl (C=O) groups is 4. The van der Waals surface area contributed by atoms with Crippen molar-refractivity contribution in [3.05, 3.63) is 98.6 Å². The van der Waals surface area contributed by atoms with Gasteiger partial charge in [-0.3, -0.25) is 19.2 Å². The monoisotopic (exact) mass is 550 g/mol. The molecular weight excluding hydrogens is 528 g/mol. The normalized spacial score (nSPS) is 31.9. The molecule has 0 unspecified atom stereocenters. The van der Waals surface area contributed by atoms with Crippen molar-refractivity contribution in [2.75, 3.05) is 0 Å². The molecule has 3 aliphatic carbocycles. The summed E-state index contributed by atoms with van der Waals surface area (Å²) in [6.07, 6.45) is 0.257. The number of benzene rings is 3. The Labute approximate surface area is 232 Å². The fourth-order valence-corrected chi connectivity index (χ4v) is 8.12. The van der Waals surface area contributed by atoms with Crippen LogP contribution >= 0.6 is 0 Å². The highest BCUT2D eigenvalue weighted by Crippen LogP contribution is 2.73. The van der Waals surface area contributed by atoms with Crippen molar-refractivity contribution in [1.29, 1.82) is 0 Å².